The molecule has 0 radical (unpaired) electrons. The molecule has 2 heterocycles. The molecule has 17 heavy (non-hydrogen) atoms. The zero-order valence-electron chi connectivity index (χ0n) is 8.91. The number of hydrogen-bond donors (Lipinski definition) is 2. The maximum Gasteiger partial charge on any atom is 0.241 e. The Bertz CT molecular complexity index is 645. The van der Waals surface area contributed by atoms with Crippen molar-refractivity contribution in [3.63, 3.8) is 0 Å². The molecular weight excluding hydrogens is 216 g/mol. The molecule has 84 valence electrons. The van der Waals surface area contributed by atoms with Crippen molar-refractivity contribution in [2.75, 3.05) is 5.43 Å². The summed E-state index contributed by atoms with van der Waals surface area (Å²) in [4.78, 5) is 8.12. The summed E-state index contributed by atoms with van der Waals surface area (Å²) in [5.74, 6) is 5.82. The SMILES string of the molecule is NNc1ncnc2cc(-c3ccccc3)nn12. The van der Waals surface area contributed by atoms with Gasteiger partial charge in [-0.3, -0.25) is 5.43 Å². The number of nitrogens with zero attached hydrogens (tertiary/aromatic N) is 4. The number of anilines is 1. The molecule has 3 rings (SSSR count). The molecule has 2 aromatic heterocycles. The predicted octanol–water partition coefficient (Wildman–Crippen LogP) is 1.08. The zero-order valence-corrected chi connectivity index (χ0v) is 8.91. The van der Waals surface area contributed by atoms with Crippen molar-refractivity contribution in [1.82, 2.24) is 19.6 Å². The van der Waals surface area contributed by atoms with Crippen LogP contribution in [0.3, 0.4) is 0 Å². The first-order valence-corrected chi connectivity index (χ1v) is 5.11. The third-order valence-electron chi connectivity index (χ3n) is 2.46. The molecule has 0 saturated carbocycles. The molecule has 0 amide bonds. The van der Waals surface area contributed by atoms with Crippen molar-refractivity contribution in [2.24, 2.45) is 5.84 Å². The molecule has 0 fully saturated rings. The Hall–Kier alpha value is -2.47. The minimum absolute atomic E-state index is 0.456. The van der Waals surface area contributed by atoms with Crippen LogP contribution in [0, 0.1) is 0 Å². The lowest BCUT2D eigenvalue weighted by Gasteiger charge is -1.99. The molecule has 0 bridgehead atoms. The molecule has 0 aliphatic heterocycles. The summed E-state index contributed by atoms with van der Waals surface area (Å²) in [6, 6.07) is 11.8. The summed E-state index contributed by atoms with van der Waals surface area (Å²) < 4.78 is 1.57. The quantitative estimate of drug-likeness (QED) is 0.504. The van der Waals surface area contributed by atoms with E-state index in [1.165, 1.54) is 6.33 Å². The predicted molar refractivity (Wildman–Crippen MR) is 64.0 cm³/mol. The van der Waals surface area contributed by atoms with E-state index in [2.05, 4.69) is 20.5 Å². The Morgan fingerprint density at radius 1 is 1.12 bits per heavy atom. The Kier molecular flexibility index (Phi) is 2.20. The van der Waals surface area contributed by atoms with E-state index in [0.717, 1.165) is 11.3 Å². The van der Waals surface area contributed by atoms with Crippen LogP contribution in [-0.4, -0.2) is 19.6 Å². The Balaban J connectivity index is 2.20. The lowest BCUT2D eigenvalue weighted by Crippen LogP contribution is -2.13. The number of rotatable bonds is 2. The number of fused-ring (bicyclic) bond motifs is 1. The minimum atomic E-state index is 0.456. The average molecular weight is 226 g/mol. The van der Waals surface area contributed by atoms with Gasteiger partial charge >= 0.3 is 0 Å². The minimum Gasteiger partial charge on any atom is -0.292 e. The van der Waals surface area contributed by atoms with Gasteiger partial charge < -0.3 is 0 Å². The molecule has 0 saturated heterocycles. The van der Waals surface area contributed by atoms with E-state index >= 15 is 0 Å². The highest BCUT2D eigenvalue weighted by Crippen LogP contribution is 2.19. The molecule has 3 N–H and O–H groups in total. The molecule has 0 spiro atoms. The normalized spacial score (nSPS) is 10.6. The maximum absolute atomic E-state index is 5.36. The highest BCUT2D eigenvalue weighted by molar-refractivity contribution is 5.64. The van der Waals surface area contributed by atoms with E-state index in [1.54, 1.807) is 4.52 Å². The van der Waals surface area contributed by atoms with Gasteiger partial charge in [-0.1, -0.05) is 30.3 Å². The third-order valence-corrected chi connectivity index (χ3v) is 2.46. The van der Waals surface area contributed by atoms with Gasteiger partial charge in [-0.15, -0.1) is 0 Å². The van der Waals surface area contributed by atoms with Crippen molar-refractivity contribution in [3.8, 4) is 11.3 Å². The van der Waals surface area contributed by atoms with Crippen LogP contribution < -0.4 is 11.3 Å². The molecular formula is C11H10N6. The largest absolute Gasteiger partial charge is 0.292 e. The second kappa shape index (κ2) is 3.84. The number of nitrogens with two attached hydrogens (primary N) is 1. The summed E-state index contributed by atoms with van der Waals surface area (Å²) in [6.07, 6.45) is 1.45. The summed E-state index contributed by atoms with van der Waals surface area (Å²) in [6.45, 7) is 0. The van der Waals surface area contributed by atoms with Crippen molar-refractivity contribution in [1.29, 1.82) is 0 Å². The molecule has 0 atom stereocenters. The fourth-order valence-electron chi connectivity index (χ4n) is 1.66. The fraction of sp³-hybridized carbons (Fsp3) is 0. The monoisotopic (exact) mass is 226 g/mol. The van der Waals surface area contributed by atoms with Crippen molar-refractivity contribution in [3.05, 3.63) is 42.7 Å². The third kappa shape index (κ3) is 1.60. The molecule has 0 aliphatic carbocycles. The van der Waals surface area contributed by atoms with Gasteiger partial charge in [-0.2, -0.15) is 9.61 Å². The van der Waals surface area contributed by atoms with E-state index < -0.39 is 0 Å². The molecule has 0 unspecified atom stereocenters. The highest BCUT2D eigenvalue weighted by Gasteiger charge is 2.07. The summed E-state index contributed by atoms with van der Waals surface area (Å²) in [7, 11) is 0. The van der Waals surface area contributed by atoms with Gasteiger partial charge in [0.05, 0.1) is 5.69 Å². The van der Waals surface area contributed by atoms with E-state index in [1.807, 2.05) is 36.4 Å². The van der Waals surface area contributed by atoms with Gasteiger partial charge in [-0.05, 0) is 0 Å². The molecule has 3 aromatic rings. The maximum atomic E-state index is 5.36. The lowest BCUT2D eigenvalue weighted by atomic mass is 10.2. The Morgan fingerprint density at radius 3 is 2.71 bits per heavy atom. The lowest BCUT2D eigenvalue weighted by molar-refractivity contribution is 0.893. The first-order valence-electron chi connectivity index (χ1n) is 5.11. The van der Waals surface area contributed by atoms with Crippen LogP contribution in [0.5, 0.6) is 0 Å². The summed E-state index contributed by atoms with van der Waals surface area (Å²) in [5, 5.41) is 4.40. The fourth-order valence-corrected chi connectivity index (χ4v) is 1.66. The van der Waals surface area contributed by atoms with Gasteiger partial charge in [0, 0.05) is 11.6 Å². The first kappa shape index (κ1) is 9.73. The van der Waals surface area contributed by atoms with Gasteiger partial charge in [0.2, 0.25) is 5.95 Å². The number of hydrazine groups is 1. The van der Waals surface area contributed by atoms with Crippen molar-refractivity contribution in [2.45, 2.75) is 0 Å². The van der Waals surface area contributed by atoms with Crippen LogP contribution in [0.2, 0.25) is 0 Å². The smallest absolute Gasteiger partial charge is 0.241 e. The van der Waals surface area contributed by atoms with E-state index in [9.17, 15) is 0 Å². The van der Waals surface area contributed by atoms with Crippen molar-refractivity contribution < 1.29 is 0 Å². The van der Waals surface area contributed by atoms with Gasteiger partial charge in [0.15, 0.2) is 5.65 Å². The average Bonchev–Trinajstić information content (AvgIpc) is 2.83. The first-order chi connectivity index (χ1) is 8.38. The number of nitrogen functional groups attached to an aromatic ring is 1. The van der Waals surface area contributed by atoms with Gasteiger partial charge in [-0.25, -0.2) is 15.8 Å². The Labute approximate surface area is 97.1 Å². The van der Waals surface area contributed by atoms with Crippen molar-refractivity contribution >= 4 is 11.6 Å². The number of benzene rings is 1. The molecule has 1 aromatic carbocycles. The van der Waals surface area contributed by atoms with Crippen LogP contribution >= 0.6 is 0 Å². The number of nitrogens with one attached hydrogen (secondary N) is 1. The van der Waals surface area contributed by atoms with E-state index in [-0.39, 0.29) is 0 Å². The molecule has 6 nitrogen and oxygen atoms in total. The van der Waals surface area contributed by atoms with Crippen LogP contribution in [0.25, 0.3) is 16.9 Å². The molecule has 6 heteroatoms. The van der Waals surface area contributed by atoms with Crippen LogP contribution in [-0.2, 0) is 0 Å². The highest BCUT2D eigenvalue weighted by atomic mass is 15.4. The van der Waals surface area contributed by atoms with Crippen LogP contribution in [0.4, 0.5) is 5.95 Å². The topological polar surface area (TPSA) is 81.1 Å². The zero-order chi connectivity index (χ0) is 11.7. The van der Waals surface area contributed by atoms with E-state index in [0.29, 0.717) is 11.6 Å². The van der Waals surface area contributed by atoms with Crippen LogP contribution in [0.1, 0.15) is 0 Å². The van der Waals surface area contributed by atoms with E-state index in [4.69, 9.17) is 5.84 Å². The number of hydrogen-bond acceptors (Lipinski definition) is 5. The van der Waals surface area contributed by atoms with Gasteiger partial charge in [0.25, 0.3) is 0 Å². The molecule has 0 aliphatic rings. The summed E-state index contributed by atoms with van der Waals surface area (Å²) >= 11 is 0. The Morgan fingerprint density at radius 2 is 1.94 bits per heavy atom. The second-order valence-corrected chi connectivity index (χ2v) is 3.51. The standard InChI is InChI=1S/C11H10N6/c12-15-11-14-7-13-10-6-9(16-17(10)11)8-4-2-1-3-5-8/h1-7H,12H2,(H,13,14,15). The van der Waals surface area contributed by atoms with Gasteiger partial charge in [0.1, 0.15) is 6.33 Å². The number of aromatic nitrogens is 4. The second-order valence-electron chi connectivity index (χ2n) is 3.51. The summed E-state index contributed by atoms with van der Waals surface area (Å²) in [5.41, 5.74) is 5.05. The van der Waals surface area contributed by atoms with Crippen LogP contribution in [0.15, 0.2) is 42.7 Å².